The number of ketones is 1. The molecule has 182 valence electrons. The summed E-state index contributed by atoms with van der Waals surface area (Å²) in [4.78, 5) is 31.3. The van der Waals surface area contributed by atoms with Crippen LogP contribution in [0.3, 0.4) is 0 Å². The lowest BCUT2D eigenvalue weighted by Crippen LogP contribution is -2.65. The molecule has 6 heteroatoms. The van der Waals surface area contributed by atoms with Gasteiger partial charge in [-0.05, 0) is 65.7 Å². The van der Waals surface area contributed by atoms with E-state index in [4.69, 9.17) is 0 Å². The van der Waals surface area contributed by atoms with Gasteiger partial charge in [0, 0.05) is 36.0 Å². The van der Waals surface area contributed by atoms with Crippen molar-refractivity contribution in [2.75, 3.05) is 0 Å². The molecule has 0 saturated heterocycles. The number of nitrogens with zero attached hydrogens (tertiary/aromatic N) is 1. The third-order valence-electron chi connectivity index (χ3n) is 9.44. The van der Waals surface area contributed by atoms with Gasteiger partial charge in [-0.2, -0.15) is 0 Å². The van der Waals surface area contributed by atoms with Crippen molar-refractivity contribution in [1.82, 2.24) is 10.3 Å². The van der Waals surface area contributed by atoms with Gasteiger partial charge in [0.25, 0.3) is 5.91 Å². The maximum Gasteiger partial charge on any atom is 0.253 e. The molecule has 2 aromatic rings. The summed E-state index contributed by atoms with van der Waals surface area (Å²) < 4.78 is 0. The second-order valence-electron chi connectivity index (χ2n) is 11.5. The summed E-state index contributed by atoms with van der Waals surface area (Å²) in [5, 5.41) is 23.3. The first-order valence-electron chi connectivity index (χ1n) is 12.2. The van der Waals surface area contributed by atoms with Gasteiger partial charge < -0.3 is 15.5 Å². The van der Waals surface area contributed by atoms with Crippen molar-refractivity contribution in [2.24, 2.45) is 28.1 Å². The van der Waals surface area contributed by atoms with Crippen LogP contribution in [0.2, 0.25) is 0 Å². The van der Waals surface area contributed by atoms with E-state index in [9.17, 15) is 19.8 Å². The van der Waals surface area contributed by atoms with Crippen molar-refractivity contribution in [3.63, 3.8) is 0 Å². The van der Waals surface area contributed by atoms with Crippen LogP contribution < -0.4 is 5.32 Å². The summed E-state index contributed by atoms with van der Waals surface area (Å²) in [6.07, 6.45) is 6.98. The molecular weight excluding hydrogens is 428 g/mol. The van der Waals surface area contributed by atoms with E-state index >= 15 is 0 Å². The number of phenols is 2. The van der Waals surface area contributed by atoms with Crippen molar-refractivity contribution in [2.45, 2.75) is 66.3 Å². The molecule has 1 heterocycles. The fourth-order valence-corrected chi connectivity index (χ4v) is 7.05. The van der Waals surface area contributed by atoms with Crippen LogP contribution in [-0.4, -0.2) is 32.9 Å². The second kappa shape index (κ2) is 8.40. The Morgan fingerprint density at radius 3 is 2.32 bits per heavy atom. The monoisotopic (exact) mass is 464 g/mol. The maximum absolute atomic E-state index is 14.1. The molecule has 0 unspecified atom stereocenters. The summed E-state index contributed by atoms with van der Waals surface area (Å²) >= 11 is 0. The quantitative estimate of drug-likeness (QED) is 0.530. The summed E-state index contributed by atoms with van der Waals surface area (Å²) in [6, 6.07) is 7.37. The van der Waals surface area contributed by atoms with Crippen LogP contribution in [-0.2, 0) is 0 Å². The summed E-state index contributed by atoms with van der Waals surface area (Å²) in [7, 11) is 0. The maximum atomic E-state index is 14.1. The lowest BCUT2D eigenvalue weighted by Gasteiger charge is -2.67. The van der Waals surface area contributed by atoms with E-state index in [0.717, 1.165) is 25.7 Å². The number of pyridine rings is 1. The van der Waals surface area contributed by atoms with Crippen molar-refractivity contribution < 1.29 is 19.8 Å². The van der Waals surface area contributed by atoms with Gasteiger partial charge in [0.2, 0.25) is 0 Å². The number of nitrogens with one attached hydrogen (secondary N) is 1. The Labute approximate surface area is 201 Å². The molecule has 0 spiro atoms. The minimum Gasteiger partial charge on any atom is -0.508 e. The summed E-state index contributed by atoms with van der Waals surface area (Å²) in [6.45, 7) is 11.1. The number of hydrogen-bond donors (Lipinski definition) is 3. The van der Waals surface area contributed by atoms with E-state index < -0.39 is 0 Å². The lowest BCUT2D eigenvalue weighted by molar-refractivity contribution is -0.163. The zero-order valence-corrected chi connectivity index (χ0v) is 20.8. The highest BCUT2D eigenvalue weighted by Gasteiger charge is 2.65. The zero-order chi connectivity index (χ0) is 24.9. The van der Waals surface area contributed by atoms with Crippen LogP contribution in [0.4, 0.5) is 0 Å². The number of aromatic hydroxyl groups is 2. The zero-order valence-electron chi connectivity index (χ0n) is 20.8. The smallest absolute Gasteiger partial charge is 0.253 e. The van der Waals surface area contributed by atoms with Gasteiger partial charge >= 0.3 is 0 Å². The number of aromatic nitrogens is 1. The molecule has 0 radical (unpaired) electrons. The third kappa shape index (κ3) is 3.77. The minimum absolute atomic E-state index is 0.0308. The molecule has 5 atom stereocenters. The highest BCUT2D eigenvalue weighted by Crippen LogP contribution is 2.69. The normalized spacial score (nSPS) is 32.4. The van der Waals surface area contributed by atoms with Crippen molar-refractivity contribution in [3.05, 3.63) is 53.9 Å². The molecule has 4 rings (SSSR count). The van der Waals surface area contributed by atoms with Crippen LogP contribution in [0, 0.1) is 28.1 Å². The molecule has 0 aliphatic heterocycles. The molecule has 3 N–H and O–H groups in total. The number of hydrogen-bond acceptors (Lipinski definition) is 5. The van der Waals surface area contributed by atoms with Gasteiger partial charge in [-0.25, -0.2) is 0 Å². The molecule has 1 amide bonds. The van der Waals surface area contributed by atoms with E-state index in [1.165, 1.54) is 18.2 Å². The first kappa shape index (κ1) is 24.2. The van der Waals surface area contributed by atoms with Crippen LogP contribution >= 0.6 is 0 Å². The molecule has 2 aliphatic carbocycles. The summed E-state index contributed by atoms with van der Waals surface area (Å²) in [5.74, 6) is -1.07. The van der Waals surface area contributed by atoms with E-state index in [1.54, 1.807) is 24.5 Å². The molecule has 2 fully saturated rings. The molecular formula is C28H36N2O4. The largest absolute Gasteiger partial charge is 0.508 e. The SMILES string of the molecule is C[C@@H]1[C@H](NC(=O)c2cccnc2)C[C@@]2(C)C(C)(C)CCC[C@]2(C)[C@H]1C(=O)c1cc(O)cc(O)c1. The topological polar surface area (TPSA) is 99.5 Å². The molecule has 0 bridgehead atoms. The van der Waals surface area contributed by atoms with Gasteiger partial charge in [-0.3, -0.25) is 14.6 Å². The van der Waals surface area contributed by atoms with E-state index in [2.05, 4.69) is 38.0 Å². The number of amides is 1. The number of carbonyl (C=O) groups excluding carboxylic acids is 2. The number of phenolic OH excluding ortho intramolecular Hbond substituents is 2. The van der Waals surface area contributed by atoms with E-state index in [0.29, 0.717) is 11.1 Å². The Morgan fingerprint density at radius 1 is 1.03 bits per heavy atom. The molecule has 2 aliphatic rings. The highest BCUT2D eigenvalue weighted by atomic mass is 16.3. The Morgan fingerprint density at radius 2 is 1.71 bits per heavy atom. The predicted octanol–water partition coefficient (Wildman–Crippen LogP) is 5.35. The third-order valence-corrected chi connectivity index (χ3v) is 9.44. The first-order valence-corrected chi connectivity index (χ1v) is 12.2. The predicted molar refractivity (Wildman–Crippen MR) is 131 cm³/mol. The molecule has 1 aromatic carbocycles. The fraction of sp³-hybridized carbons (Fsp3) is 0.536. The lowest BCUT2D eigenvalue weighted by atomic mass is 9.38. The number of rotatable bonds is 4. The molecule has 1 aromatic heterocycles. The molecule has 6 nitrogen and oxygen atoms in total. The Kier molecular flexibility index (Phi) is 5.99. The van der Waals surface area contributed by atoms with E-state index in [1.807, 2.05) is 6.92 Å². The Hall–Kier alpha value is -2.89. The number of carbonyl (C=O) groups is 2. The number of benzene rings is 1. The average molecular weight is 465 g/mol. The van der Waals surface area contributed by atoms with Crippen LogP contribution in [0.5, 0.6) is 11.5 Å². The van der Waals surface area contributed by atoms with Crippen molar-refractivity contribution in [1.29, 1.82) is 0 Å². The van der Waals surface area contributed by atoms with Crippen molar-refractivity contribution >= 4 is 11.7 Å². The van der Waals surface area contributed by atoms with Gasteiger partial charge in [0.1, 0.15) is 11.5 Å². The van der Waals surface area contributed by atoms with Gasteiger partial charge in [-0.15, -0.1) is 0 Å². The van der Waals surface area contributed by atoms with E-state index in [-0.39, 0.29) is 57.3 Å². The minimum atomic E-state index is -0.383. The molecule has 2 saturated carbocycles. The van der Waals surface area contributed by atoms with Crippen LogP contribution in [0.1, 0.15) is 81.0 Å². The standard InChI is InChI=1S/C28H36N2O4/c1-17-22(30-25(34)18-8-6-11-29-16-18)15-28(5)26(2,3)9-7-10-27(28,4)23(17)24(33)19-12-20(31)14-21(32)13-19/h6,8,11-14,16-17,22-23,31-32H,7,9-10,15H2,1-5H3,(H,30,34)/t17-,22-,23-,27-,28+/m1/s1. The summed E-state index contributed by atoms with van der Waals surface area (Å²) in [5.41, 5.74) is 0.257. The average Bonchev–Trinajstić information content (AvgIpc) is 2.76. The molecule has 34 heavy (non-hydrogen) atoms. The number of Topliss-reactive ketones (excluding diaryl/α,β-unsaturated/α-hetero) is 1. The Balaban J connectivity index is 1.78. The second-order valence-corrected chi connectivity index (χ2v) is 11.5. The fourth-order valence-electron chi connectivity index (χ4n) is 7.05. The van der Waals surface area contributed by atoms with Gasteiger partial charge in [-0.1, -0.05) is 41.0 Å². The van der Waals surface area contributed by atoms with Crippen LogP contribution in [0.15, 0.2) is 42.7 Å². The van der Waals surface area contributed by atoms with Crippen LogP contribution in [0.25, 0.3) is 0 Å². The van der Waals surface area contributed by atoms with Gasteiger partial charge in [0.05, 0.1) is 5.56 Å². The Bertz CT molecular complexity index is 1080. The van der Waals surface area contributed by atoms with Crippen molar-refractivity contribution in [3.8, 4) is 11.5 Å². The first-order chi connectivity index (χ1) is 15.9. The highest BCUT2D eigenvalue weighted by molar-refractivity contribution is 6.00. The van der Waals surface area contributed by atoms with Gasteiger partial charge in [0.15, 0.2) is 5.78 Å². The number of fused-ring (bicyclic) bond motifs is 1.